The molecule has 136 valence electrons. The summed E-state index contributed by atoms with van der Waals surface area (Å²) in [7, 11) is -3.75. The van der Waals surface area contributed by atoms with Gasteiger partial charge >= 0.3 is 6.03 Å². The van der Waals surface area contributed by atoms with Gasteiger partial charge in [-0.2, -0.15) is 0 Å². The van der Waals surface area contributed by atoms with Crippen molar-refractivity contribution in [3.8, 4) is 0 Å². The molecule has 25 heavy (non-hydrogen) atoms. The molecule has 0 radical (unpaired) electrons. The molecule has 3 atom stereocenters. The number of allylic oxidation sites excluding steroid dienone is 1. The maximum absolute atomic E-state index is 13.2. The van der Waals surface area contributed by atoms with Crippen LogP contribution < -0.4 is 16.0 Å². The molecule has 0 spiro atoms. The van der Waals surface area contributed by atoms with E-state index < -0.39 is 38.3 Å². The number of aliphatic imine (C=N–C) groups is 1. The van der Waals surface area contributed by atoms with E-state index in [1.54, 1.807) is 12.3 Å². The SMILES string of the molecule is CC1C=CN=C(C2=CCNCC2)C1S(=O)(=O)C[C@@]1(C)NC(=O)NC1=O. The molecule has 0 aliphatic carbocycles. The molecule has 0 bridgehead atoms. The number of nitrogens with zero attached hydrogens (tertiary/aromatic N) is 1. The smallest absolute Gasteiger partial charge is 0.322 e. The molecule has 1 fully saturated rings. The number of sulfone groups is 1. The van der Waals surface area contributed by atoms with Crippen molar-refractivity contribution in [1.29, 1.82) is 0 Å². The number of hydrogen-bond acceptors (Lipinski definition) is 6. The average Bonchev–Trinajstić information content (AvgIpc) is 2.78. The van der Waals surface area contributed by atoms with E-state index in [-0.39, 0.29) is 5.92 Å². The Kier molecular flexibility index (Phi) is 4.54. The second-order valence-electron chi connectivity index (χ2n) is 6.87. The second kappa shape index (κ2) is 6.38. The van der Waals surface area contributed by atoms with Crippen molar-refractivity contribution >= 4 is 27.5 Å². The summed E-state index contributed by atoms with van der Waals surface area (Å²) in [5.74, 6) is -1.36. The summed E-state index contributed by atoms with van der Waals surface area (Å²) in [6, 6.07) is -0.672. The Bertz CT molecular complexity index is 799. The van der Waals surface area contributed by atoms with Gasteiger partial charge in [0.25, 0.3) is 5.91 Å². The molecule has 0 aromatic rings. The summed E-state index contributed by atoms with van der Waals surface area (Å²) >= 11 is 0. The zero-order valence-electron chi connectivity index (χ0n) is 14.2. The van der Waals surface area contributed by atoms with Gasteiger partial charge in [0, 0.05) is 12.7 Å². The fourth-order valence-electron chi connectivity index (χ4n) is 3.47. The number of imide groups is 1. The molecule has 2 unspecified atom stereocenters. The zero-order chi connectivity index (χ0) is 18.2. The van der Waals surface area contributed by atoms with E-state index in [4.69, 9.17) is 0 Å². The predicted octanol–water partition coefficient (Wildman–Crippen LogP) is -0.108. The molecule has 0 saturated carbocycles. The zero-order valence-corrected chi connectivity index (χ0v) is 15.0. The number of nitrogens with one attached hydrogen (secondary N) is 3. The molecule has 3 aliphatic heterocycles. The van der Waals surface area contributed by atoms with Gasteiger partial charge in [0.1, 0.15) is 10.8 Å². The van der Waals surface area contributed by atoms with Gasteiger partial charge in [-0.15, -0.1) is 0 Å². The van der Waals surface area contributed by atoms with Crippen LogP contribution >= 0.6 is 0 Å². The lowest BCUT2D eigenvalue weighted by molar-refractivity contribution is -0.122. The Hall–Kier alpha value is -2.00. The topological polar surface area (TPSA) is 117 Å². The van der Waals surface area contributed by atoms with E-state index in [0.717, 1.165) is 12.1 Å². The van der Waals surface area contributed by atoms with E-state index >= 15 is 0 Å². The van der Waals surface area contributed by atoms with Crippen LogP contribution in [0.4, 0.5) is 4.79 Å². The molecular formula is C16H22N4O4S. The summed E-state index contributed by atoms with van der Waals surface area (Å²) in [4.78, 5) is 27.8. The third kappa shape index (κ3) is 3.38. The highest BCUT2D eigenvalue weighted by molar-refractivity contribution is 7.93. The number of hydrogen-bond donors (Lipinski definition) is 3. The van der Waals surface area contributed by atoms with E-state index in [2.05, 4.69) is 20.9 Å². The summed E-state index contributed by atoms with van der Waals surface area (Å²) < 4.78 is 26.3. The van der Waals surface area contributed by atoms with Gasteiger partial charge in [0.2, 0.25) is 0 Å². The molecule has 0 aromatic heterocycles. The van der Waals surface area contributed by atoms with Gasteiger partial charge in [-0.3, -0.25) is 15.1 Å². The van der Waals surface area contributed by atoms with Crippen LogP contribution in [0.25, 0.3) is 0 Å². The van der Waals surface area contributed by atoms with Crippen LogP contribution in [0.3, 0.4) is 0 Å². The monoisotopic (exact) mass is 366 g/mol. The molecule has 8 nitrogen and oxygen atoms in total. The van der Waals surface area contributed by atoms with E-state index in [9.17, 15) is 18.0 Å². The van der Waals surface area contributed by atoms with E-state index in [0.29, 0.717) is 18.7 Å². The Morgan fingerprint density at radius 2 is 2.12 bits per heavy atom. The van der Waals surface area contributed by atoms with Crippen LogP contribution in [0.15, 0.2) is 28.9 Å². The normalized spacial score (nSPS) is 32.7. The average molecular weight is 366 g/mol. The molecule has 3 N–H and O–H groups in total. The molecule has 9 heteroatoms. The first-order valence-corrected chi connectivity index (χ1v) is 9.94. The fraction of sp³-hybridized carbons (Fsp3) is 0.562. The van der Waals surface area contributed by atoms with Crippen molar-refractivity contribution in [2.75, 3.05) is 18.8 Å². The number of rotatable bonds is 4. The lowest BCUT2D eigenvalue weighted by Gasteiger charge is -2.31. The maximum atomic E-state index is 13.2. The van der Waals surface area contributed by atoms with Crippen LogP contribution in [0.5, 0.6) is 0 Å². The third-order valence-corrected chi connectivity index (χ3v) is 7.14. The quantitative estimate of drug-likeness (QED) is 0.600. The van der Waals surface area contributed by atoms with Gasteiger partial charge < -0.3 is 10.6 Å². The Morgan fingerprint density at radius 1 is 1.36 bits per heavy atom. The van der Waals surface area contributed by atoms with Crippen molar-refractivity contribution < 1.29 is 18.0 Å². The molecular weight excluding hydrogens is 344 g/mol. The maximum Gasteiger partial charge on any atom is 0.322 e. The van der Waals surface area contributed by atoms with Crippen LogP contribution in [0.1, 0.15) is 20.3 Å². The first kappa shape index (κ1) is 17.8. The minimum absolute atomic E-state index is 0.267. The van der Waals surface area contributed by atoms with Crippen molar-refractivity contribution in [2.45, 2.75) is 31.1 Å². The highest BCUT2D eigenvalue weighted by atomic mass is 32.2. The molecule has 3 aliphatic rings. The van der Waals surface area contributed by atoms with Crippen LogP contribution in [-0.4, -0.2) is 55.7 Å². The minimum Gasteiger partial charge on any atom is -0.323 e. The van der Waals surface area contributed by atoms with E-state index in [1.807, 2.05) is 13.0 Å². The van der Waals surface area contributed by atoms with Gasteiger partial charge in [0.15, 0.2) is 9.84 Å². The standard InChI is InChI=1S/C16H22N4O4S/c1-10-3-8-18-12(11-4-6-17-7-5-11)13(10)25(23,24)9-16(2)14(21)19-15(22)20-16/h3-4,8,10,13,17H,5-7,9H2,1-2H3,(H2,19,20,21,22)/t10?,13?,16-/m1/s1. The molecule has 0 aromatic carbocycles. The van der Waals surface area contributed by atoms with Crippen molar-refractivity contribution in [3.05, 3.63) is 23.9 Å². The number of carbonyl (C=O) groups excluding carboxylic acids is 2. The van der Waals surface area contributed by atoms with Crippen LogP contribution in [0, 0.1) is 5.92 Å². The Morgan fingerprint density at radius 3 is 2.72 bits per heavy atom. The van der Waals surface area contributed by atoms with Gasteiger partial charge in [-0.25, -0.2) is 13.2 Å². The van der Waals surface area contributed by atoms with Crippen LogP contribution in [0.2, 0.25) is 0 Å². The minimum atomic E-state index is -3.75. The molecule has 1 saturated heterocycles. The van der Waals surface area contributed by atoms with Crippen molar-refractivity contribution in [2.24, 2.45) is 10.9 Å². The lowest BCUT2D eigenvalue weighted by Crippen LogP contribution is -2.53. The summed E-state index contributed by atoms with van der Waals surface area (Å²) in [5.41, 5.74) is 0.00291. The van der Waals surface area contributed by atoms with Crippen LogP contribution in [-0.2, 0) is 14.6 Å². The first-order chi connectivity index (χ1) is 11.7. The first-order valence-electron chi connectivity index (χ1n) is 8.22. The second-order valence-corrected chi connectivity index (χ2v) is 8.99. The molecule has 3 heterocycles. The van der Waals surface area contributed by atoms with Crippen molar-refractivity contribution in [1.82, 2.24) is 16.0 Å². The van der Waals surface area contributed by atoms with Crippen molar-refractivity contribution in [3.63, 3.8) is 0 Å². The van der Waals surface area contributed by atoms with Gasteiger partial charge in [-0.1, -0.05) is 19.1 Å². The largest absolute Gasteiger partial charge is 0.323 e. The highest BCUT2D eigenvalue weighted by Crippen LogP contribution is 2.28. The summed E-state index contributed by atoms with van der Waals surface area (Å²) in [6.45, 7) is 4.70. The molecule has 3 amide bonds. The molecule has 3 rings (SSSR count). The Labute approximate surface area is 146 Å². The van der Waals surface area contributed by atoms with Gasteiger partial charge in [-0.05, 0) is 31.4 Å². The highest BCUT2D eigenvalue weighted by Gasteiger charge is 2.49. The fourth-order valence-corrected chi connectivity index (χ4v) is 5.96. The Balaban J connectivity index is 1.92. The summed E-state index contributed by atoms with van der Waals surface area (Å²) in [5, 5.41) is 6.89. The number of carbonyl (C=O) groups is 2. The third-order valence-electron chi connectivity index (χ3n) is 4.74. The predicted molar refractivity (Wildman–Crippen MR) is 94.0 cm³/mol. The van der Waals surface area contributed by atoms with Gasteiger partial charge in [0.05, 0.1) is 11.5 Å². The number of urea groups is 1. The number of amides is 3. The lowest BCUT2D eigenvalue weighted by atomic mass is 9.93. The summed E-state index contributed by atoms with van der Waals surface area (Å²) in [6.07, 6.45) is 6.06. The van der Waals surface area contributed by atoms with E-state index in [1.165, 1.54) is 6.92 Å².